The Kier molecular flexibility index (Phi) is 7.99. The molecule has 0 spiro atoms. The van der Waals surface area contributed by atoms with Gasteiger partial charge in [-0.15, -0.1) is 0 Å². The summed E-state index contributed by atoms with van der Waals surface area (Å²) in [5.41, 5.74) is 2.95. The molecule has 0 radical (unpaired) electrons. The van der Waals surface area contributed by atoms with Crippen molar-refractivity contribution in [2.24, 2.45) is 0 Å². The number of carbonyl (C=O) groups excluding carboxylic acids is 1. The van der Waals surface area contributed by atoms with E-state index in [2.05, 4.69) is 5.32 Å². The van der Waals surface area contributed by atoms with E-state index in [1.54, 1.807) is 30.3 Å². The third-order valence-electron chi connectivity index (χ3n) is 5.67. The average molecular weight is 539 g/mol. The van der Waals surface area contributed by atoms with Gasteiger partial charge in [-0.1, -0.05) is 108 Å². The van der Waals surface area contributed by atoms with Crippen LogP contribution in [0.1, 0.15) is 22.7 Å². The SMILES string of the molecule is Cc1ccc([C@@H](NC(=O)CN(c2cccc(Cl)c2Cl)S(=O)(=O)c2ccccc2)c2ccccc2)cc1. The van der Waals surface area contributed by atoms with E-state index in [0.29, 0.717) is 0 Å². The van der Waals surface area contributed by atoms with E-state index in [0.717, 1.165) is 21.0 Å². The number of nitrogens with zero attached hydrogens (tertiary/aromatic N) is 1. The number of hydrogen-bond acceptors (Lipinski definition) is 3. The van der Waals surface area contributed by atoms with Gasteiger partial charge < -0.3 is 5.32 Å². The molecule has 0 aliphatic heterocycles. The normalized spacial score (nSPS) is 12.1. The molecule has 0 heterocycles. The predicted molar refractivity (Wildman–Crippen MR) is 145 cm³/mol. The molecule has 0 saturated carbocycles. The molecule has 4 rings (SSSR count). The van der Waals surface area contributed by atoms with Crippen molar-refractivity contribution < 1.29 is 13.2 Å². The zero-order valence-corrected chi connectivity index (χ0v) is 21.8. The van der Waals surface area contributed by atoms with E-state index in [4.69, 9.17) is 23.2 Å². The third-order valence-corrected chi connectivity index (χ3v) is 8.25. The summed E-state index contributed by atoms with van der Waals surface area (Å²) in [6.07, 6.45) is 0. The maximum Gasteiger partial charge on any atom is 0.264 e. The molecular formula is C28H24Cl2N2O3S. The van der Waals surface area contributed by atoms with E-state index >= 15 is 0 Å². The second-order valence-corrected chi connectivity index (χ2v) is 10.9. The van der Waals surface area contributed by atoms with Gasteiger partial charge in [0.2, 0.25) is 5.91 Å². The van der Waals surface area contributed by atoms with Crippen LogP contribution in [0.4, 0.5) is 5.69 Å². The fourth-order valence-corrected chi connectivity index (χ4v) is 5.71. The highest BCUT2D eigenvalue weighted by Gasteiger charge is 2.30. The quantitative estimate of drug-likeness (QED) is 0.282. The Morgan fingerprint density at radius 1 is 0.806 bits per heavy atom. The lowest BCUT2D eigenvalue weighted by atomic mass is 9.98. The van der Waals surface area contributed by atoms with Crippen molar-refractivity contribution >= 4 is 44.8 Å². The first-order valence-electron chi connectivity index (χ1n) is 11.2. The second kappa shape index (κ2) is 11.2. The van der Waals surface area contributed by atoms with Crippen molar-refractivity contribution in [2.75, 3.05) is 10.8 Å². The minimum absolute atomic E-state index is 0.0342. The Hall–Kier alpha value is -3.32. The number of benzene rings is 4. The van der Waals surface area contributed by atoms with Crippen molar-refractivity contribution in [3.05, 3.63) is 130 Å². The van der Waals surface area contributed by atoms with Crippen molar-refractivity contribution in [1.82, 2.24) is 5.32 Å². The molecule has 0 saturated heterocycles. The van der Waals surface area contributed by atoms with Crippen LogP contribution in [0, 0.1) is 6.92 Å². The van der Waals surface area contributed by atoms with Gasteiger partial charge in [-0.3, -0.25) is 9.10 Å². The number of sulfonamides is 1. The van der Waals surface area contributed by atoms with Crippen LogP contribution in [0.2, 0.25) is 10.0 Å². The first-order valence-corrected chi connectivity index (χ1v) is 13.4. The summed E-state index contributed by atoms with van der Waals surface area (Å²) in [7, 11) is -4.13. The first-order chi connectivity index (χ1) is 17.3. The number of amides is 1. The Morgan fingerprint density at radius 2 is 1.39 bits per heavy atom. The fraction of sp³-hybridized carbons (Fsp3) is 0.107. The van der Waals surface area contributed by atoms with Crippen LogP contribution in [0.5, 0.6) is 0 Å². The minimum Gasteiger partial charge on any atom is -0.344 e. The molecule has 4 aromatic carbocycles. The van der Waals surface area contributed by atoms with Crippen molar-refractivity contribution in [3.8, 4) is 0 Å². The number of carbonyl (C=O) groups is 1. The molecule has 0 aromatic heterocycles. The number of aryl methyl sites for hydroxylation is 1. The molecule has 36 heavy (non-hydrogen) atoms. The lowest BCUT2D eigenvalue weighted by molar-refractivity contribution is -0.120. The maximum absolute atomic E-state index is 13.6. The lowest BCUT2D eigenvalue weighted by Crippen LogP contribution is -2.42. The van der Waals surface area contributed by atoms with Crippen LogP contribution in [0.3, 0.4) is 0 Å². The van der Waals surface area contributed by atoms with Gasteiger partial charge in [-0.05, 0) is 42.3 Å². The van der Waals surface area contributed by atoms with Crippen LogP contribution < -0.4 is 9.62 Å². The summed E-state index contributed by atoms with van der Waals surface area (Å²) in [6, 6.07) is 29.4. The Labute approximate surface area is 221 Å². The first kappa shape index (κ1) is 25.8. The highest BCUT2D eigenvalue weighted by Crippen LogP contribution is 2.35. The van der Waals surface area contributed by atoms with E-state index in [9.17, 15) is 13.2 Å². The lowest BCUT2D eigenvalue weighted by Gasteiger charge is -2.27. The van der Waals surface area contributed by atoms with Crippen LogP contribution in [-0.2, 0) is 14.8 Å². The molecule has 1 N–H and O–H groups in total. The summed E-state index contributed by atoms with van der Waals surface area (Å²) >= 11 is 12.6. The summed E-state index contributed by atoms with van der Waals surface area (Å²) in [5, 5.41) is 3.24. The van der Waals surface area contributed by atoms with Gasteiger partial charge >= 0.3 is 0 Å². The number of hydrogen-bond donors (Lipinski definition) is 1. The summed E-state index contributed by atoms with van der Waals surface area (Å²) in [4.78, 5) is 13.5. The largest absolute Gasteiger partial charge is 0.344 e. The van der Waals surface area contributed by atoms with Crippen LogP contribution >= 0.6 is 23.2 Å². The highest BCUT2D eigenvalue weighted by atomic mass is 35.5. The van der Waals surface area contributed by atoms with Gasteiger partial charge in [0.25, 0.3) is 10.0 Å². The molecule has 5 nitrogen and oxygen atoms in total. The average Bonchev–Trinajstić information content (AvgIpc) is 2.89. The maximum atomic E-state index is 13.6. The number of halogens is 2. The Balaban J connectivity index is 1.71. The number of rotatable bonds is 8. The third kappa shape index (κ3) is 5.73. The molecule has 0 aliphatic rings. The number of anilines is 1. The molecule has 0 unspecified atom stereocenters. The van der Waals surface area contributed by atoms with E-state index in [1.807, 2.05) is 61.5 Å². The second-order valence-electron chi connectivity index (χ2n) is 8.22. The molecule has 1 atom stereocenters. The highest BCUT2D eigenvalue weighted by molar-refractivity contribution is 7.92. The van der Waals surface area contributed by atoms with E-state index < -0.39 is 28.5 Å². The van der Waals surface area contributed by atoms with Gasteiger partial charge in [-0.2, -0.15) is 0 Å². The van der Waals surface area contributed by atoms with E-state index in [-0.39, 0.29) is 20.6 Å². The monoisotopic (exact) mass is 538 g/mol. The Morgan fingerprint density at radius 3 is 2.03 bits per heavy atom. The molecule has 1 amide bonds. The molecule has 0 fully saturated rings. The van der Waals surface area contributed by atoms with E-state index in [1.165, 1.54) is 18.2 Å². The van der Waals surface area contributed by atoms with Crippen LogP contribution in [0.15, 0.2) is 108 Å². The molecule has 184 valence electrons. The predicted octanol–water partition coefficient (Wildman–Crippen LogP) is 6.40. The molecular weight excluding hydrogens is 515 g/mol. The fourth-order valence-electron chi connectivity index (χ4n) is 3.80. The van der Waals surface area contributed by atoms with Gasteiger partial charge in [0.1, 0.15) is 6.54 Å². The van der Waals surface area contributed by atoms with Crippen molar-refractivity contribution in [1.29, 1.82) is 0 Å². The van der Waals surface area contributed by atoms with Crippen molar-refractivity contribution in [2.45, 2.75) is 17.9 Å². The smallest absolute Gasteiger partial charge is 0.264 e. The van der Waals surface area contributed by atoms with Gasteiger partial charge in [0.05, 0.1) is 26.7 Å². The molecule has 8 heteroatoms. The summed E-state index contributed by atoms with van der Waals surface area (Å²) < 4.78 is 28.3. The van der Waals surface area contributed by atoms with Gasteiger partial charge in [-0.25, -0.2) is 8.42 Å². The molecule has 4 aromatic rings. The molecule has 0 bridgehead atoms. The van der Waals surface area contributed by atoms with Gasteiger partial charge in [0.15, 0.2) is 0 Å². The minimum atomic E-state index is -4.13. The summed E-state index contributed by atoms with van der Waals surface area (Å²) in [6.45, 7) is 1.49. The summed E-state index contributed by atoms with van der Waals surface area (Å²) in [5.74, 6) is -0.500. The van der Waals surface area contributed by atoms with Gasteiger partial charge in [0, 0.05) is 0 Å². The standard InChI is InChI=1S/C28H24Cl2N2O3S/c1-20-15-17-22(18-16-20)28(21-9-4-2-5-10-21)31-26(33)19-32(25-14-8-13-24(29)27(25)30)36(34,35)23-11-6-3-7-12-23/h2-18,28H,19H2,1H3,(H,31,33)/t28-/m0/s1. The molecule has 0 aliphatic carbocycles. The van der Waals surface area contributed by atoms with Crippen LogP contribution in [-0.4, -0.2) is 20.9 Å². The number of nitrogens with one attached hydrogen (secondary N) is 1. The van der Waals surface area contributed by atoms with Crippen LogP contribution in [0.25, 0.3) is 0 Å². The Bertz CT molecular complexity index is 1450. The topological polar surface area (TPSA) is 66.5 Å². The zero-order valence-electron chi connectivity index (χ0n) is 19.4. The van der Waals surface area contributed by atoms with Crippen molar-refractivity contribution in [3.63, 3.8) is 0 Å². The zero-order chi connectivity index (χ0) is 25.7.